The van der Waals surface area contributed by atoms with E-state index in [4.69, 9.17) is 9.88 Å². The smallest absolute Gasteiger partial charge is 0.389 e. The second kappa shape index (κ2) is 11.7. The largest absolute Gasteiger partial charge is 0.492 e. The Labute approximate surface area is 214 Å². The molecule has 0 saturated heterocycles. The molecular formula is C25H26F3NO6S2. The first-order valence-electron chi connectivity index (χ1n) is 11.5. The van der Waals surface area contributed by atoms with E-state index in [0.29, 0.717) is 5.56 Å². The molecular weight excluding hydrogens is 531 g/mol. The summed E-state index contributed by atoms with van der Waals surface area (Å²) < 4.78 is 92.4. The average Bonchev–Trinajstić information content (AvgIpc) is 3.33. The summed E-state index contributed by atoms with van der Waals surface area (Å²) in [5, 5.41) is 5.11. The van der Waals surface area contributed by atoms with E-state index in [0.717, 1.165) is 37.8 Å². The third-order valence-electron chi connectivity index (χ3n) is 5.74. The Morgan fingerprint density at radius 3 is 2.30 bits per heavy atom. The first-order chi connectivity index (χ1) is 17.3. The van der Waals surface area contributed by atoms with Gasteiger partial charge in [0.05, 0.1) is 17.1 Å². The molecule has 0 bridgehead atoms. The molecule has 0 unspecified atom stereocenters. The number of sulfonamides is 1. The summed E-state index contributed by atoms with van der Waals surface area (Å²) in [4.78, 5) is 11.7. The number of ketones is 1. The van der Waals surface area contributed by atoms with Crippen molar-refractivity contribution in [3.8, 4) is 17.6 Å². The number of ether oxygens (including phenoxy) is 1. The highest BCUT2D eigenvalue weighted by molar-refractivity contribution is 7.94. The van der Waals surface area contributed by atoms with Gasteiger partial charge in [0.2, 0.25) is 10.0 Å². The average molecular weight is 558 g/mol. The van der Waals surface area contributed by atoms with Gasteiger partial charge in [-0.1, -0.05) is 36.8 Å². The van der Waals surface area contributed by atoms with Gasteiger partial charge in [0.25, 0.3) is 0 Å². The van der Waals surface area contributed by atoms with Crippen molar-refractivity contribution in [2.75, 3.05) is 12.4 Å². The maximum Gasteiger partial charge on any atom is 0.389 e. The molecule has 0 spiro atoms. The van der Waals surface area contributed by atoms with E-state index in [1.807, 2.05) is 0 Å². The number of hydrogen-bond acceptors (Lipinski definition) is 6. The molecule has 1 fully saturated rings. The molecule has 1 aliphatic carbocycles. The zero-order valence-electron chi connectivity index (χ0n) is 19.8. The number of halogens is 3. The van der Waals surface area contributed by atoms with Crippen molar-refractivity contribution >= 4 is 25.6 Å². The van der Waals surface area contributed by atoms with Crippen LogP contribution in [0, 0.1) is 17.8 Å². The summed E-state index contributed by atoms with van der Waals surface area (Å²) in [6, 6.07) is 8.72. The summed E-state index contributed by atoms with van der Waals surface area (Å²) in [6.07, 6.45) is -1.67. The molecule has 0 atom stereocenters. The Bertz CT molecular complexity index is 1420. The summed E-state index contributed by atoms with van der Waals surface area (Å²) in [6.45, 7) is -0.282. The molecule has 3 rings (SSSR count). The zero-order chi connectivity index (χ0) is 27.3. The Morgan fingerprint density at radius 2 is 1.68 bits per heavy atom. The molecule has 2 N–H and O–H groups in total. The maximum atomic E-state index is 12.9. The first kappa shape index (κ1) is 28.7. The van der Waals surface area contributed by atoms with Crippen molar-refractivity contribution in [3.63, 3.8) is 0 Å². The molecule has 200 valence electrons. The molecule has 0 heterocycles. The number of carbonyl (C=O) groups excluding carboxylic acids is 1. The van der Waals surface area contributed by atoms with Gasteiger partial charge < -0.3 is 4.74 Å². The SMILES string of the molecule is NS(=O)(=O)c1ccccc1S(=O)(=O)CC(=O)c1ccc(C#CC2CCCC2)c(OCCCC(F)(F)F)c1. The van der Waals surface area contributed by atoms with Gasteiger partial charge in [-0.25, -0.2) is 22.0 Å². The van der Waals surface area contributed by atoms with Crippen LogP contribution >= 0.6 is 0 Å². The van der Waals surface area contributed by atoms with Gasteiger partial charge in [0, 0.05) is 17.9 Å². The van der Waals surface area contributed by atoms with Crippen LogP contribution in [0.2, 0.25) is 0 Å². The number of rotatable bonds is 9. The van der Waals surface area contributed by atoms with Gasteiger partial charge in [-0.05, 0) is 49.6 Å². The van der Waals surface area contributed by atoms with E-state index < -0.39 is 53.8 Å². The van der Waals surface area contributed by atoms with Crippen LogP contribution in [-0.4, -0.2) is 41.2 Å². The quantitative estimate of drug-likeness (QED) is 0.280. The van der Waals surface area contributed by atoms with E-state index in [-0.39, 0.29) is 30.3 Å². The Hall–Kier alpha value is -2.88. The number of carbonyl (C=O) groups is 1. The van der Waals surface area contributed by atoms with Crippen LogP contribution in [0.5, 0.6) is 5.75 Å². The highest BCUT2D eigenvalue weighted by Gasteiger charge is 2.28. The lowest BCUT2D eigenvalue weighted by Crippen LogP contribution is -2.21. The predicted molar refractivity (Wildman–Crippen MR) is 130 cm³/mol. The first-order valence-corrected chi connectivity index (χ1v) is 14.7. The molecule has 0 amide bonds. The van der Waals surface area contributed by atoms with E-state index in [9.17, 15) is 34.8 Å². The van der Waals surface area contributed by atoms with Gasteiger partial charge in [-0.15, -0.1) is 0 Å². The number of nitrogens with two attached hydrogens (primary N) is 1. The fourth-order valence-electron chi connectivity index (χ4n) is 3.90. The molecule has 0 radical (unpaired) electrons. The van der Waals surface area contributed by atoms with E-state index in [1.165, 1.54) is 30.3 Å². The van der Waals surface area contributed by atoms with Gasteiger partial charge >= 0.3 is 6.18 Å². The number of hydrogen-bond donors (Lipinski definition) is 1. The van der Waals surface area contributed by atoms with Crippen LogP contribution in [0.1, 0.15) is 54.4 Å². The molecule has 2 aromatic rings. The van der Waals surface area contributed by atoms with Crippen LogP contribution < -0.4 is 9.88 Å². The van der Waals surface area contributed by atoms with Gasteiger partial charge in [0.15, 0.2) is 15.6 Å². The Kier molecular flexibility index (Phi) is 9.05. The van der Waals surface area contributed by atoms with Crippen molar-refractivity contribution in [2.45, 2.75) is 54.5 Å². The maximum absolute atomic E-state index is 12.9. The Balaban J connectivity index is 1.86. The fourth-order valence-corrected chi connectivity index (χ4v) is 6.57. The molecule has 0 aromatic heterocycles. The lowest BCUT2D eigenvalue weighted by molar-refractivity contribution is -0.136. The van der Waals surface area contributed by atoms with Gasteiger partial charge in [-0.3, -0.25) is 4.79 Å². The Morgan fingerprint density at radius 1 is 1.03 bits per heavy atom. The zero-order valence-corrected chi connectivity index (χ0v) is 21.4. The number of Topliss-reactive ketones (excluding diaryl/α,β-unsaturated/α-hetero) is 1. The highest BCUT2D eigenvalue weighted by atomic mass is 32.2. The van der Waals surface area contributed by atoms with Gasteiger partial charge in [0.1, 0.15) is 16.4 Å². The molecule has 37 heavy (non-hydrogen) atoms. The number of alkyl halides is 3. The summed E-state index contributed by atoms with van der Waals surface area (Å²) in [5.41, 5.74) is 0.298. The molecule has 1 saturated carbocycles. The molecule has 0 aliphatic heterocycles. The van der Waals surface area contributed by atoms with Crippen molar-refractivity contribution < 1.29 is 39.5 Å². The summed E-state index contributed by atoms with van der Waals surface area (Å²) >= 11 is 0. The van der Waals surface area contributed by atoms with Crippen LogP contribution in [-0.2, 0) is 19.9 Å². The molecule has 7 nitrogen and oxygen atoms in total. The monoisotopic (exact) mass is 557 g/mol. The second-order valence-electron chi connectivity index (χ2n) is 8.70. The van der Waals surface area contributed by atoms with Crippen LogP contribution in [0.4, 0.5) is 13.2 Å². The number of benzene rings is 2. The summed E-state index contributed by atoms with van der Waals surface area (Å²) in [5.74, 6) is 4.44. The predicted octanol–water partition coefficient (Wildman–Crippen LogP) is 4.25. The number of primary sulfonamides is 1. The third kappa shape index (κ3) is 8.31. The van der Waals surface area contributed by atoms with E-state index in [1.54, 1.807) is 0 Å². The highest BCUT2D eigenvalue weighted by Crippen LogP contribution is 2.27. The van der Waals surface area contributed by atoms with E-state index >= 15 is 0 Å². The molecule has 2 aromatic carbocycles. The van der Waals surface area contributed by atoms with E-state index in [2.05, 4.69) is 11.8 Å². The molecule has 1 aliphatic rings. The van der Waals surface area contributed by atoms with Gasteiger partial charge in [-0.2, -0.15) is 13.2 Å². The summed E-state index contributed by atoms with van der Waals surface area (Å²) in [7, 11) is -8.78. The van der Waals surface area contributed by atoms with Crippen molar-refractivity contribution in [2.24, 2.45) is 11.1 Å². The second-order valence-corrected chi connectivity index (χ2v) is 12.2. The normalized spacial score (nSPS) is 14.7. The topological polar surface area (TPSA) is 121 Å². The lowest BCUT2D eigenvalue weighted by atomic mass is 10.1. The van der Waals surface area contributed by atoms with Crippen LogP contribution in [0.3, 0.4) is 0 Å². The minimum atomic E-state index is -4.41. The molecule has 12 heteroatoms. The number of sulfone groups is 1. The fraction of sp³-hybridized carbons (Fsp3) is 0.400. The van der Waals surface area contributed by atoms with Crippen LogP contribution in [0.25, 0.3) is 0 Å². The van der Waals surface area contributed by atoms with Crippen LogP contribution in [0.15, 0.2) is 52.3 Å². The standard InChI is InChI=1S/C25H26F3NO6S2/c26-25(27,28)14-5-15-35-22-16-20(13-12-19(22)11-10-18-6-1-2-7-18)21(30)17-36(31,32)23-8-3-4-9-24(23)37(29,33)34/h3-4,8-9,12-13,16,18H,1-2,5-7,14-15,17H2,(H2,29,33,34). The minimum absolute atomic E-state index is 0.0702. The lowest BCUT2D eigenvalue weighted by Gasteiger charge is -2.12. The van der Waals surface area contributed by atoms with Crippen molar-refractivity contribution in [1.82, 2.24) is 0 Å². The minimum Gasteiger partial charge on any atom is -0.492 e. The van der Waals surface area contributed by atoms with Crippen molar-refractivity contribution in [1.29, 1.82) is 0 Å². The van der Waals surface area contributed by atoms with Crippen molar-refractivity contribution in [3.05, 3.63) is 53.6 Å². The third-order valence-corrected chi connectivity index (χ3v) is 8.51.